The Morgan fingerprint density at radius 2 is 2.00 bits per heavy atom. The molecule has 0 aromatic carbocycles. The lowest BCUT2D eigenvalue weighted by Gasteiger charge is -2.41. The lowest BCUT2D eigenvalue weighted by Crippen LogP contribution is -2.53. The van der Waals surface area contributed by atoms with Crippen molar-refractivity contribution in [2.75, 3.05) is 13.1 Å². The fourth-order valence-electron chi connectivity index (χ4n) is 3.56. The molecule has 1 saturated carbocycles. The fraction of sp³-hybridized carbons (Fsp3) is 0.857. The number of carboxylic acids is 1. The number of hydrogen-bond donors (Lipinski definition) is 2. The van der Waals surface area contributed by atoms with Crippen LogP contribution in [0.25, 0.3) is 0 Å². The minimum absolute atomic E-state index is 0.00590. The Labute approximate surface area is 114 Å². The summed E-state index contributed by atoms with van der Waals surface area (Å²) in [5.74, 6) is -0.895. The van der Waals surface area contributed by atoms with Crippen LogP contribution in [-0.2, 0) is 9.59 Å². The van der Waals surface area contributed by atoms with E-state index in [-0.39, 0.29) is 23.3 Å². The highest BCUT2D eigenvalue weighted by atomic mass is 16.4. The van der Waals surface area contributed by atoms with Gasteiger partial charge in [0.05, 0.1) is 11.3 Å². The molecule has 108 valence electrons. The number of rotatable bonds is 3. The van der Waals surface area contributed by atoms with Crippen molar-refractivity contribution in [1.82, 2.24) is 4.90 Å². The lowest BCUT2D eigenvalue weighted by atomic mass is 9.82. The molecule has 1 amide bonds. The Bertz CT molecular complexity index is 364. The number of piperidine rings is 1. The van der Waals surface area contributed by atoms with Gasteiger partial charge in [-0.05, 0) is 32.6 Å². The summed E-state index contributed by atoms with van der Waals surface area (Å²) in [5, 5.41) is 9.07. The molecule has 2 fully saturated rings. The van der Waals surface area contributed by atoms with Crippen molar-refractivity contribution in [3.8, 4) is 0 Å². The van der Waals surface area contributed by atoms with Crippen molar-refractivity contribution < 1.29 is 14.7 Å². The summed E-state index contributed by atoms with van der Waals surface area (Å²) in [6.07, 6.45) is 5.03. The van der Waals surface area contributed by atoms with E-state index in [1.54, 1.807) is 0 Å². The van der Waals surface area contributed by atoms with Crippen molar-refractivity contribution in [3.05, 3.63) is 0 Å². The molecule has 0 aromatic rings. The van der Waals surface area contributed by atoms with Crippen LogP contribution in [0.3, 0.4) is 0 Å². The highest BCUT2D eigenvalue weighted by Crippen LogP contribution is 2.40. The van der Waals surface area contributed by atoms with Gasteiger partial charge in [-0.25, -0.2) is 0 Å². The van der Waals surface area contributed by atoms with Crippen LogP contribution < -0.4 is 5.73 Å². The number of carbonyl (C=O) groups is 2. The largest absolute Gasteiger partial charge is 0.481 e. The summed E-state index contributed by atoms with van der Waals surface area (Å²) in [4.78, 5) is 25.6. The SMILES string of the molecule is CC1CC(C(=O)O)CCN1C(=O)C1(CN)CCCC1. The molecule has 1 aliphatic carbocycles. The summed E-state index contributed by atoms with van der Waals surface area (Å²) in [6, 6.07) is 0.00590. The van der Waals surface area contributed by atoms with Gasteiger partial charge in [0.25, 0.3) is 0 Å². The van der Waals surface area contributed by atoms with Crippen LogP contribution in [0.2, 0.25) is 0 Å². The molecule has 0 spiro atoms. The normalized spacial score (nSPS) is 30.3. The predicted octanol–water partition coefficient (Wildman–Crippen LogP) is 1.22. The maximum Gasteiger partial charge on any atom is 0.306 e. The van der Waals surface area contributed by atoms with Crippen LogP contribution in [0, 0.1) is 11.3 Å². The standard InChI is InChI=1S/C14H24N2O3/c1-10-8-11(12(17)18)4-7-16(10)13(19)14(9-15)5-2-3-6-14/h10-11H,2-9,15H2,1H3,(H,17,18). The van der Waals surface area contributed by atoms with Crippen LogP contribution in [0.1, 0.15) is 45.4 Å². The van der Waals surface area contributed by atoms with Gasteiger partial charge < -0.3 is 15.7 Å². The Morgan fingerprint density at radius 3 is 2.47 bits per heavy atom. The van der Waals surface area contributed by atoms with Gasteiger partial charge in [0.2, 0.25) is 5.91 Å². The van der Waals surface area contributed by atoms with Crippen molar-refractivity contribution in [1.29, 1.82) is 0 Å². The second kappa shape index (κ2) is 5.49. The van der Waals surface area contributed by atoms with E-state index in [0.717, 1.165) is 25.7 Å². The van der Waals surface area contributed by atoms with Gasteiger partial charge in [0, 0.05) is 19.1 Å². The first-order valence-electron chi connectivity index (χ1n) is 7.24. The van der Waals surface area contributed by atoms with Crippen molar-refractivity contribution >= 4 is 11.9 Å². The zero-order valence-electron chi connectivity index (χ0n) is 11.6. The lowest BCUT2D eigenvalue weighted by molar-refractivity contribution is -0.151. The number of amides is 1. The van der Waals surface area contributed by atoms with Gasteiger partial charge in [0.15, 0.2) is 0 Å². The molecule has 1 saturated heterocycles. The van der Waals surface area contributed by atoms with Gasteiger partial charge in [-0.1, -0.05) is 12.8 Å². The number of nitrogens with zero attached hydrogens (tertiary/aromatic N) is 1. The van der Waals surface area contributed by atoms with E-state index in [9.17, 15) is 9.59 Å². The Kier molecular flexibility index (Phi) is 4.13. The molecule has 0 radical (unpaired) electrons. The number of aliphatic carboxylic acids is 1. The molecule has 1 heterocycles. The van der Waals surface area contributed by atoms with Gasteiger partial charge in [0.1, 0.15) is 0 Å². The molecule has 3 N–H and O–H groups in total. The van der Waals surface area contributed by atoms with Crippen LogP contribution in [-0.4, -0.2) is 41.0 Å². The smallest absolute Gasteiger partial charge is 0.306 e. The third-order valence-electron chi connectivity index (χ3n) is 4.89. The molecule has 2 rings (SSSR count). The molecule has 0 bridgehead atoms. The fourth-order valence-corrected chi connectivity index (χ4v) is 3.56. The van der Waals surface area contributed by atoms with E-state index in [2.05, 4.69) is 0 Å². The molecular weight excluding hydrogens is 244 g/mol. The third-order valence-corrected chi connectivity index (χ3v) is 4.89. The summed E-state index contributed by atoms with van der Waals surface area (Å²) < 4.78 is 0. The molecule has 5 nitrogen and oxygen atoms in total. The van der Waals surface area contributed by atoms with E-state index >= 15 is 0 Å². The first-order valence-corrected chi connectivity index (χ1v) is 7.24. The maximum atomic E-state index is 12.7. The average molecular weight is 268 g/mol. The summed E-state index contributed by atoms with van der Waals surface area (Å²) in [5.41, 5.74) is 5.49. The van der Waals surface area contributed by atoms with Crippen molar-refractivity contribution in [3.63, 3.8) is 0 Å². The zero-order valence-corrected chi connectivity index (χ0v) is 11.6. The second-order valence-electron chi connectivity index (χ2n) is 6.10. The van der Waals surface area contributed by atoms with Gasteiger partial charge in [-0.2, -0.15) is 0 Å². The minimum Gasteiger partial charge on any atom is -0.481 e. The minimum atomic E-state index is -0.742. The summed E-state index contributed by atoms with van der Waals surface area (Å²) >= 11 is 0. The number of nitrogens with two attached hydrogens (primary N) is 1. The summed E-state index contributed by atoms with van der Waals surface area (Å²) in [6.45, 7) is 2.92. The summed E-state index contributed by atoms with van der Waals surface area (Å²) in [7, 11) is 0. The topological polar surface area (TPSA) is 83.6 Å². The predicted molar refractivity (Wildman–Crippen MR) is 71.5 cm³/mol. The maximum absolute atomic E-state index is 12.7. The molecule has 2 unspecified atom stereocenters. The monoisotopic (exact) mass is 268 g/mol. The van der Waals surface area contributed by atoms with Gasteiger partial charge in [-0.15, -0.1) is 0 Å². The van der Waals surface area contributed by atoms with Gasteiger partial charge >= 0.3 is 5.97 Å². The highest BCUT2D eigenvalue weighted by Gasteiger charge is 2.44. The van der Waals surface area contributed by atoms with E-state index in [1.165, 1.54) is 0 Å². The van der Waals surface area contributed by atoms with E-state index in [4.69, 9.17) is 10.8 Å². The van der Waals surface area contributed by atoms with E-state index in [0.29, 0.717) is 25.9 Å². The average Bonchev–Trinajstić information content (AvgIpc) is 2.87. The third kappa shape index (κ3) is 2.61. The second-order valence-corrected chi connectivity index (χ2v) is 6.10. The molecule has 2 aliphatic rings. The van der Waals surface area contributed by atoms with Crippen molar-refractivity contribution in [2.24, 2.45) is 17.1 Å². The number of carboxylic acid groups (broad SMARTS) is 1. The molecular formula is C14H24N2O3. The molecule has 1 aliphatic heterocycles. The van der Waals surface area contributed by atoms with E-state index < -0.39 is 5.97 Å². The van der Waals surface area contributed by atoms with Crippen LogP contribution >= 0.6 is 0 Å². The van der Waals surface area contributed by atoms with Crippen LogP contribution in [0.15, 0.2) is 0 Å². The Hall–Kier alpha value is -1.10. The van der Waals surface area contributed by atoms with E-state index in [1.807, 2.05) is 11.8 Å². The van der Waals surface area contributed by atoms with Gasteiger partial charge in [-0.3, -0.25) is 9.59 Å². The highest BCUT2D eigenvalue weighted by molar-refractivity contribution is 5.84. The number of likely N-dealkylation sites (tertiary alicyclic amines) is 1. The molecule has 0 aromatic heterocycles. The first kappa shape index (κ1) is 14.3. The molecule has 2 atom stereocenters. The Morgan fingerprint density at radius 1 is 1.37 bits per heavy atom. The molecule has 19 heavy (non-hydrogen) atoms. The Balaban J connectivity index is 2.06. The zero-order chi connectivity index (χ0) is 14.0. The van der Waals surface area contributed by atoms with Crippen molar-refractivity contribution in [2.45, 2.75) is 51.5 Å². The first-order chi connectivity index (χ1) is 9.00. The quantitative estimate of drug-likeness (QED) is 0.806. The molecule has 5 heteroatoms. The van der Waals surface area contributed by atoms with Crippen LogP contribution in [0.5, 0.6) is 0 Å². The number of hydrogen-bond acceptors (Lipinski definition) is 3. The van der Waals surface area contributed by atoms with Crippen LogP contribution in [0.4, 0.5) is 0 Å². The number of carbonyl (C=O) groups excluding carboxylic acids is 1.